The van der Waals surface area contributed by atoms with Crippen molar-refractivity contribution in [2.45, 2.75) is 53.4 Å². The minimum atomic E-state index is 0.822. The maximum absolute atomic E-state index is 5.58. The van der Waals surface area contributed by atoms with E-state index in [0.717, 1.165) is 42.2 Å². The summed E-state index contributed by atoms with van der Waals surface area (Å²) in [5.74, 6) is 0.898. The molecule has 27 heavy (non-hydrogen) atoms. The van der Waals surface area contributed by atoms with E-state index in [2.05, 4.69) is 50.5 Å². The molecule has 1 heterocycles. The Morgan fingerprint density at radius 2 is 1.81 bits per heavy atom. The van der Waals surface area contributed by atoms with E-state index in [1.807, 2.05) is 19.1 Å². The predicted octanol–water partition coefficient (Wildman–Crippen LogP) is 6.24. The summed E-state index contributed by atoms with van der Waals surface area (Å²) in [4.78, 5) is 7.28. The monoisotopic (exact) mass is 366 g/mol. The first-order valence-electron chi connectivity index (χ1n) is 9.98. The molecule has 3 nitrogen and oxygen atoms in total. The third-order valence-corrected chi connectivity index (χ3v) is 5.21. The summed E-state index contributed by atoms with van der Waals surface area (Å²) in [6.45, 7) is 14.8. The number of aliphatic imine (C=N–C) groups is 1. The summed E-state index contributed by atoms with van der Waals surface area (Å²) in [5, 5.41) is 0. The molecule has 3 heteroatoms. The van der Waals surface area contributed by atoms with Gasteiger partial charge in [0.1, 0.15) is 5.75 Å². The highest BCUT2D eigenvalue weighted by molar-refractivity contribution is 6.12. The second-order valence-electron chi connectivity index (χ2n) is 7.21. The topological polar surface area (TPSA) is 24.8 Å². The Morgan fingerprint density at radius 1 is 1.15 bits per heavy atom. The molecular formula is C24H34N2O. The summed E-state index contributed by atoms with van der Waals surface area (Å²) >= 11 is 0. The zero-order valence-corrected chi connectivity index (χ0v) is 17.6. The molecule has 1 saturated heterocycles. The van der Waals surface area contributed by atoms with Crippen molar-refractivity contribution in [2.75, 3.05) is 20.2 Å². The molecule has 0 N–H and O–H groups in total. The van der Waals surface area contributed by atoms with Gasteiger partial charge >= 0.3 is 0 Å². The van der Waals surface area contributed by atoms with Crippen LogP contribution in [-0.2, 0) is 0 Å². The molecule has 0 atom stereocenters. The Bertz CT molecular complexity index is 749. The molecule has 0 spiro atoms. The van der Waals surface area contributed by atoms with Gasteiger partial charge in [-0.2, -0.15) is 0 Å². The summed E-state index contributed by atoms with van der Waals surface area (Å²) in [6.07, 6.45) is 6.99. The maximum Gasteiger partial charge on any atom is 0.126 e. The zero-order chi connectivity index (χ0) is 19.8. The normalized spacial score (nSPS) is 16.9. The lowest BCUT2D eigenvalue weighted by atomic mass is 9.98. The van der Waals surface area contributed by atoms with Gasteiger partial charge in [0, 0.05) is 30.0 Å². The van der Waals surface area contributed by atoms with Gasteiger partial charge in [0.2, 0.25) is 0 Å². The fourth-order valence-corrected chi connectivity index (χ4v) is 3.53. The second-order valence-corrected chi connectivity index (χ2v) is 7.21. The van der Waals surface area contributed by atoms with Crippen LogP contribution in [0.15, 0.2) is 58.9 Å². The van der Waals surface area contributed by atoms with E-state index in [1.165, 1.54) is 36.1 Å². The fraction of sp³-hybridized carbons (Fsp3) is 0.458. The highest BCUT2D eigenvalue weighted by Crippen LogP contribution is 2.29. The van der Waals surface area contributed by atoms with Crippen LogP contribution in [-0.4, -0.2) is 30.8 Å². The third kappa shape index (κ3) is 5.59. The predicted molar refractivity (Wildman–Crippen MR) is 117 cm³/mol. The average molecular weight is 367 g/mol. The summed E-state index contributed by atoms with van der Waals surface area (Å²) in [6, 6.07) is 8.18. The van der Waals surface area contributed by atoms with Crippen molar-refractivity contribution < 1.29 is 4.74 Å². The van der Waals surface area contributed by atoms with Crippen molar-refractivity contribution in [3.63, 3.8) is 0 Å². The maximum atomic E-state index is 5.58. The molecule has 146 valence electrons. The molecule has 0 amide bonds. The first kappa shape index (κ1) is 21.0. The molecule has 0 radical (unpaired) electrons. The Labute approximate surface area is 165 Å². The summed E-state index contributed by atoms with van der Waals surface area (Å²) < 4.78 is 5.58. The van der Waals surface area contributed by atoms with Gasteiger partial charge in [-0.05, 0) is 69.7 Å². The average Bonchev–Trinajstić information content (AvgIpc) is 2.70. The van der Waals surface area contributed by atoms with Crippen molar-refractivity contribution in [1.29, 1.82) is 0 Å². The van der Waals surface area contributed by atoms with Gasteiger partial charge < -0.3 is 9.64 Å². The molecule has 1 aromatic rings. The van der Waals surface area contributed by atoms with E-state index in [1.54, 1.807) is 7.11 Å². The first-order valence-corrected chi connectivity index (χ1v) is 9.98. The van der Waals surface area contributed by atoms with E-state index < -0.39 is 0 Å². The number of hydrogen-bond acceptors (Lipinski definition) is 3. The van der Waals surface area contributed by atoms with Gasteiger partial charge in [-0.25, -0.2) is 0 Å². The third-order valence-electron chi connectivity index (χ3n) is 5.21. The fourth-order valence-electron chi connectivity index (χ4n) is 3.53. The Hall–Kier alpha value is -2.29. The number of allylic oxidation sites excluding steroid dienone is 5. The van der Waals surface area contributed by atoms with E-state index in [9.17, 15) is 0 Å². The number of hydrogen-bond donors (Lipinski definition) is 0. The van der Waals surface area contributed by atoms with E-state index >= 15 is 0 Å². The van der Waals surface area contributed by atoms with Crippen LogP contribution in [0, 0.1) is 0 Å². The molecule has 0 unspecified atom stereocenters. The lowest BCUT2D eigenvalue weighted by molar-refractivity contribution is 0.284. The summed E-state index contributed by atoms with van der Waals surface area (Å²) in [7, 11) is 1.72. The van der Waals surface area contributed by atoms with Crippen molar-refractivity contribution in [3.8, 4) is 5.75 Å². The molecule has 0 aliphatic carbocycles. The molecule has 0 saturated carbocycles. The van der Waals surface area contributed by atoms with Gasteiger partial charge in [-0.1, -0.05) is 31.7 Å². The number of piperidine rings is 1. The van der Waals surface area contributed by atoms with Crippen LogP contribution in [0.4, 0.5) is 0 Å². The number of rotatable bonds is 7. The Kier molecular flexibility index (Phi) is 7.90. The number of methoxy groups -OCH3 is 1. The van der Waals surface area contributed by atoms with Crippen LogP contribution in [0.1, 0.15) is 58.9 Å². The highest BCUT2D eigenvalue weighted by atomic mass is 16.5. The zero-order valence-electron chi connectivity index (χ0n) is 17.6. The minimum absolute atomic E-state index is 0.822. The highest BCUT2D eigenvalue weighted by Gasteiger charge is 2.15. The molecule has 1 aliphatic heterocycles. The molecule has 0 aromatic heterocycles. The lowest BCUT2D eigenvalue weighted by Crippen LogP contribution is -2.29. The van der Waals surface area contributed by atoms with Gasteiger partial charge in [-0.3, -0.25) is 4.99 Å². The molecule has 2 rings (SSSR count). The van der Waals surface area contributed by atoms with Crippen molar-refractivity contribution >= 4 is 11.3 Å². The van der Waals surface area contributed by atoms with Crippen molar-refractivity contribution in [2.24, 2.45) is 4.99 Å². The van der Waals surface area contributed by atoms with Gasteiger partial charge in [0.05, 0.1) is 12.8 Å². The number of ether oxygens (including phenoxy) is 1. The van der Waals surface area contributed by atoms with Crippen molar-refractivity contribution in [3.05, 3.63) is 59.5 Å². The van der Waals surface area contributed by atoms with Gasteiger partial charge in [0.25, 0.3) is 0 Å². The van der Waals surface area contributed by atoms with Gasteiger partial charge in [-0.15, -0.1) is 0 Å². The lowest BCUT2D eigenvalue weighted by Gasteiger charge is -2.31. The quantitative estimate of drug-likeness (QED) is 0.533. The van der Waals surface area contributed by atoms with Crippen LogP contribution in [0.5, 0.6) is 5.75 Å². The smallest absolute Gasteiger partial charge is 0.126 e. The van der Waals surface area contributed by atoms with E-state index in [4.69, 9.17) is 9.73 Å². The van der Waals surface area contributed by atoms with Crippen LogP contribution in [0.3, 0.4) is 0 Å². The SMILES string of the molecule is C=C(C)N=C(/C=C(\CC)c1ccccc1OC)/C(C)=C(\C)N1CCCCC1. The number of nitrogens with zero attached hydrogens (tertiary/aromatic N) is 2. The second kappa shape index (κ2) is 10.1. The van der Waals surface area contributed by atoms with Crippen molar-refractivity contribution in [1.82, 2.24) is 4.90 Å². The molecule has 1 aliphatic rings. The molecule has 1 aromatic carbocycles. The standard InChI is InChI=1S/C24H34N2O/c1-7-21(22-13-9-10-14-24(22)27-6)17-23(25-18(2)3)19(4)20(5)26-15-11-8-12-16-26/h9-10,13-14,17H,2,7-8,11-12,15-16H2,1,3-6H3/b20-19+,21-17+,25-23?. The van der Waals surface area contributed by atoms with E-state index in [-0.39, 0.29) is 0 Å². The number of likely N-dealkylation sites (tertiary alicyclic amines) is 1. The number of benzene rings is 1. The summed E-state index contributed by atoms with van der Waals surface area (Å²) in [5.41, 5.74) is 6.71. The minimum Gasteiger partial charge on any atom is -0.496 e. The Balaban J connectivity index is 2.49. The van der Waals surface area contributed by atoms with E-state index in [0.29, 0.717) is 0 Å². The van der Waals surface area contributed by atoms with Gasteiger partial charge in [0.15, 0.2) is 0 Å². The molecular weight excluding hydrogens is 332 g/mol. The largest absolute Gasteiger partial charge is 0.496 e. The van der Waals surface area contributed by atoms with Crippen LogP contribution in [0.25, 0.3) is 5.57 Å². The Morgan fingerprint density at radius 3 is 2.41 bits per heavy atom. The molecule has 1 fully saturated rings. The first-order chi connectivity index (χ1) is 13.0. The van der Waals surface area contributed by atoms with Crippen LogP contribution < -0.4 is 4.74 Å². The number of para-hydroxylation sites is 1. The van der Waals surface area contributed by atoms with Crippen LogP contribution in [0.2, 0.25) is 0 Å². The van der Waals surface area contributed by atoms with Crippen LogP contribution >= 0.6 is 0 Å². The molecule has 0 bridgehead atoms.